The molecule has 0 radical (unpaired) electrons. The van der Waals surface area contributed by atoms with Gasteiger partial charge < -0.3 is 9.47 Å². The fourth-order valence-corrected chi connectivity index (χ4v) is 11.2. The van der Waals surface area contributed by atoms with Crippen molar-refractivity contribution in [2.75, 3.05) is 4.90 Å². The van der Waals surface area contributed by atoms with Crippen molar-refractivity contribution in [3.05, 3.63) is 265 Å². The highest BCUT2D eigenvalue weighted by Gasteiger charge is 2.52. The summed E-state index contributed by atoms with van der Waals surface area (Å²) in [4.78, 5) is 2.51. The Balaban J connectivity index is 1.05. The third-order valence-corrected chi connectivity index (χ3v) is 13.6. The first kappa shape index (κ1) is 35.5. The minimum atomic E-state index is -0.443. The van der Waals surface area contributed by atoms with Crippen LogP contribution in [0, 0.1) is 0 Å². The van der Waals surface area contributed by atoms with Gasteiger partial charge in [0.25, 0.3) is 0 Å². The lowest BCUT2D eigenvalue weighted by atomic mass is 9.70. The van der Waals surface area contributed by atoms with Gasteiger partial charge >= 0.3 is 0 Å². The summed E-state index contributed by atoms with van der Waals surface area (Å²) in [5, 5.41) is 2.51. The van der Waals surface area contributed by atoms with Gasteiger partial charge in [0.05, 0.1) is 27.8 Å². The van der Waals surface area contributed by atoms with Crippen LogP contribution in [-0.2, 0) is 5.41 Å². The first-order valence-electron chi connectivity index (χ1n) is 21.9. The average Bonchev–Trinajstić information content (AvgIpc) is 3.97. The van der Waals surface area contributed by atoms with E-state index in [1.165, 1.54) is 88.6 Å². The molecule has 0 fully saturated rings. The zero-order valence-electron chi connectivity index (χ0n) is 34.5. The van der Waals surface area contributed by atoms with Crippen molar-refractivity contribution in [1.82, 2.24) is 4.57 Å². The monoisotopic (exact) mass is 800 g/mol. The van der Waals surface area contributed by atoms with Crippen LogP contribution in [0.2, 0.25) is 0 Å². The molecule has 13 rings (SSSR count). The smallest absolute Gasteiger partial charge is 0.0726 e. The highest BCUT2D eigenvalue weighted by Crippen LogP contribution is 2.64. The molecule has 0 saturated heterocycles. The number of fused-ring (bicyclic) bond motifs is 13. The maximum absolute atomic E-state index is 2.51. The normalized spacial score (nSPS) is 12.9. The van der Waals surface area contributed by atoms with Crippen LogP contribution >= 0.6 is 0 Å². The molecule has 294 valence electrons. The number of nitrogens with zero attached hydrogens (tertiary/aromatic N) is 2. The predicted octanol–water partition coefficient (Wildman–Crippen LogP) is 15.9. The minimum absolute atomic E-state index is 0.443. The molecule has 2 aliphatic carbocycles. The van der Waals surface area contributed by atoms with Crippen LogP contribution in [0.25, 0.3) is 72.0 Å². The van der Waals surface area contributed by atoms with Crippen molar-refractivity contribution in [1.29, 1.82) is 0 Å². The first-order chi connectivity index (χ1) is 31.3. The third-order valence-electron chi connectivity index (χ3n) is 13.6. The van der Waals surface area contributed by atoms with Gasteiger partial charge in [-0.05, 0) is 104 Å². The van der Waals surface area contributed by atoms with E-state index in [2.05, 4.69) is 252 Å². The maximum atomic E-state index is 2.51. The molecule has 0 N–H and O–H groups in total. The molecule has 0 aliphatic heterocycles. The molecule has 1 spiro atoms. The summed E-state index contributed by atoms with van der Waals surface area (Å²) in [7, 11) is 0. The number of hydrogen-bond acceptors (Lipinski definition) is 1. The standard InChI is InChI=1S/C61H40N2/c1-3-19-41(20-4-1)45-23-10-15-33-55(45)63(44-39-37-42(38-40-44)46-28-17-35-57-59(46)50-27-11-16-34-56(50)62(57)43-21-5-2-6-22-43)58-36-18-32-54-60(58)49-26-9-14-31-53(49)61(54)51-29-12-7-24-47(51)48-25-8-13-30-52(48)61/h1-40H. The summed E-state index contributed by atoms with van der Waals surface area (Å²) in [6.45, 7) is 0. The first-order valence-corrected chi connectivity index (χ1v) is 21.9. The third kappa shape index (κ3) is 5.07. The van der Waals surface area contributed by atoms with Crippen molar-refractivity contribution in [3.63, 3.8) is 0 Å². The van der Waals surface area contributed by atoms with Gasteiger partial charge in [-0.1, -0.05) is 194 Å². The molecule has 0 amide bonds. The lowest BCUT2D eigenvalue weighted by Crippen LogP contribution is -2.26. The molecule has 0 saturated carbocycles. The van der Waals surface area contributed by atoms with E-state index in [9.17, 15) is 0 Å². The molecule has 0 atom stereocenters. The van der Waals surface area contributed by atoms with Gasteiger partial charge in [-0.2, -0.15) is 0 Å². The van der Waals surface area contributed by atoms with E-state index in [1.54, 1.807) is 0 Å². The summed E-state index contributed by atoms with van der Waals surface area (Å²) in [5.41, 5.74) is 21.8. The summed E-state index contributed by atoms with van der Waals surface area (Å²) in [5.74, 6) is 0. The molecule has 63 heavy (non-hydrogen) atoms. The van der Waals surface area contributed by atoms with Crippen molar-refractivity contribution < 1.29 is 0 Å². The lowest BCUT2D eigenvalue weighted by molar-refractivity contribution is 0.794. The van der Waals surface area contributed by atoms with Gasteiger partial charge in [-0.15, -0.1) is 0 Å². The second-order valence-corrected chi connectivity index (χ2v) is 16.7. The highest BCUT2D eigenvalue weighted by molar-refractivity contribution is 6.16. The van der Waals surface area contributed by atoms with Crippen molar-refractivity contribution in [2.45, 2.75) is 5.41 Å². The topological polar surface area (TPSA) is 8.17 Å². The van der Waals surface area contributed by atoms with E-state index < -0.39 is 5.41 Å². The number of rotatable bonds is 6. The second-order valence-electron chi connectivity index (χ2n) is 16.7. The minimum Gasteiger partial charge on any atom is -0.309 e. The molecule has 0 unspecified atom stereocenters. The quantitative estimate of drug-likeness (QED) is 0.163. The molecule has 10 aromatic carbocycles. The van der Waals surface area contributed by atoms with Crippen LogP contribution in [0.5, 0.6) is 0 Å². The fraction of sp³-hybridized carbons (Fsp3) is 0.0164. The second kappa shape index (κ2) is 13.9. The molecule has 2 nitrogen and oxygen atoms in total. The van der Waals surface area contributed by atoms with Crippen LogP contribution in [0.3, 0.4) is 0 Å². The Morgan fingerprint density at radius 1 is 0.317 bits per heavy atom. The molecule has 11 aromatic rings. The predicted molar refractivity (Wildman–Crippen MR) is 263 cm³/mol. The van der Waals surface area contributed by atoms with Crippen LogP contribution < -0.4 is 4.90 Å². The van der Waals surface area contributed by atoms with Crippen molar-refractivity contribution >= 4 is 38.9 Å². The molecular formula is C61H40N2. The number of benzene rings is 10. The SMILES string of the molecule is c1ccc(-c2ccccc2N(c2ccc(-c3cccc4c3c3ccccc3n4-c3ccccc3)cc2)c2cccc3c2-c2ccccc2C32c3ccccc3-c3ccccc32)cc1. The largest absolute Gasteiger partial charge is 0.309 e. The number of aromatic nitrogens is 1. The summed E-state index contributed by atoms with van der Waals surface area (Å²) >= 11 is 0. The van der Waals surface area contributed by atoms with Crippen LogP contribution in [0.15, 0.2) is 243 Å². The Morgan fingerprint density at radius 3 is 1.54 bits per heavy atom. The summed E-state index contributed by atoms with van der Waals surface area (Å²) < 4.78 is 2.40. The van der Waals surface area contributed by atoms with E-state index >= 15 is 0 Å². The van der Waals surface area contributed by atoms with E-state index in [0.29, 0.717) is 0 Å². The molecule has 2 heteroatoms. The van der Waals surface area contributed by atoms with Gasteiger partial charge in [0.1, 0.15) is 0 Å². The van der Waals surface area contributed by atoms with E-state index in [1.807, 2.05) is 0 Å². The van der Waals surface area contributed by atoms with E-state index in [-0.39, 0.29) is 0 Å². The van der Waals surface area contributed by atoms with E-state index in [0.717, 1.165) is 22.7 Å². The van der Waals surface area contributed by atoms with Crippen LogP contribution in [0.4, 0.5) is 17.1 Å². The molecule has 0 bridgehead atoms. The Morgan fingerprint density at radius 2 is 0.810 bits per heavy atom. The fourth-order valence-electron chi connectivity index (χ4n) is 11.2. The molecule has 2 aliphatic rings. The van der Waals surface area contributed by atoms with Gasteiger partial charge in [-0.25, -0.2) is 0 Å². The molecule has 1 heterocycles. The Labute approximate surface area is 367 Å². The molecule has 1 aromatic heterocycles. The Bertz CT molecular complexity index is 3520. The van der Waals surface area contributed by atoms with Crippen molar-refractivity contribution in [3.8, 4) is 50.2 Å². The van der Waals surface area contributed by atoms with Gasteiger partial charge in [-0.3, -0.25) is 0 Å². The van der Waals surface area contributed by atoms with Gasteiger partial charge in [0, 0.05) is 33.3 Å². The van der Waals surface area contributed by atoms with Crippen LogP contribution in [-0.4, -0.2) is 4.57 Å². The van der Waals surface area contributed by atoms with Crippen molar-refractivity contribution in [2.24, 2.45) is 0 Å². The highest BCUT2D eigenvalue weighted by atomic mass is 15.1. The average molecular weight is 801 g/mol. The maximum Gasteiger partial charge on any atom is 0.0726 e. The molecular weight excluding hydrogens is 761 g/mol. The Hall–Kier alpha value is -8.20. The number of hydrogen-bond donors (Lipinski definition) is 0. The zero-order valence-corrected chi connectivity index (χ0v) is 34.5. The zero-order chi connectivity index (χ0) is 41.5. The van der Waals surface area contributed by atoms with Gasteiger partial charge in [0.2, 0.25) is 0 Å². The number of para-hydroxylation sites is 3. The van der Waals surface area contributed by atoms with Crippen LogP contribution in [0.1, 0.15) is 22.3 Å². The Kier molecular flexibility index (Phi) is 7.85. The van der Waals surface area contributed by atoms with E-state index in [4.69, 9.17) is 0 Å². The summed E-state index contributed by atoms with van der Waals surface area (Å²) in [6.07, 6.45) is 0. The lowest BCUT2D eigenvalue weighted by Gasteiger charge is -2.32. The van der Waals surface area contributed by atoms with Gasteiger partial charge in [0.15, 0.2) is 0 Å². The summed E-state index contributed by atoms with van der Waals surface area (Å²) in [6, 6.07) is 89.4. The number of anilines is 3.